The Morgan fingerprint density at radius 2 is 1.84 bits per heavy atom. The van der Waals surface area contributed by atoms with Crippen molar-refractivity contribution in [2.75, 3.05) is 0 Å². The number of carbonyl (C=O) groups is 1. The van der Waals surface area contributed by atoms with Gasteiger partial charge in [0.2, 0.25) is 0 Å². The van der Waals surface area contributed by atoms with Crippen LogP contribution in [0.1, 0.15) is 36.7 Å². The van der Waals surface area contributed by atoms with Crippen molar-refractivity contribution in [2.24, 2.45) is 11.6 Å². The Balaban J connectivity index is 3.31. The van der Waals surface area contributed by atoms with Gasteiger partial charge in [-0.1, -0.05) is 0 Å². The van der Waals surface area contributed by atoms with Gasteiger partial charge in [0.1, 0.15) is 5.82 Å². The second-order valence-electron chi connectivity index (χ2n) is 5.13. The summed E-state index contributed by atoms with van der Waals surface area (Å²) in [7, 11) is 0. The van der Waals surface area contributed by atoms with E-state index in [1.165, 1.54) is 23.3 Å². The normalized spacial score (nSPS) is 12.4. The highest BCUT2D eigenvalue weighted by molar-refractivity contribution is 5.88. The maximum absolute atomic E-state index is 13.5. The highest BCUT2D eigenvalue weighted by atomic mass is 19.1. The van der Waals surface area contributed by atoms with E-state index >= 15 is 0 Å². The minimum Gasteiger partial charge on any atom is -0.478 e. The first kappa shape index (κ1) is 15.0. The van der Waals surface area contributed by atoms with E-state index < -0.39 is 17.3 Å². The van der Waals surface area contributed by atoms with Crippen LogP contribution < -0.4 is 11.6 Å². The Morgan fingerprint density at radius 3 is 2.26 bits per heavy atom. The Labute approximate surface area is 111 Å². The number of hydrogen-bond donors (Lipinski definition) is 3. The first-order chi connectivity index (χ1) is 8.66. The molecule has 6 heteroatoms. The highest BCUT2D eigenvalue weighted by Gasteiger charge is 2.22. The van der Waals surface area contributed by atoms with E-state index in [1.54, 1.807) is 0 Å². The highest BCUT2D eigenvalue weighted by Crippen LogP contribution is 2.24. The van der Waals surface area contributed by atoms with Crippen molar-refractivity contribution < 1.29 is 14.3 Å². The molecule has 0 radical (unpaired) electrons. The quantitative estimate of drug-likeness (QED) is 0.573. The first-order valence-corrected chi connectivity index (χ1v) is 5.68. The molecule has 104 valence electrons. The van der Waals surface area contributed by atoms with Crippen molar-refractivity contribution in [3.8, 4) is 0 Å². The minimum absolute atomic E-state index is 0.156. The molecule has 0 bridgehead atoms. The van der Waals surface area contributed by atoms with E-state index in [9.17, 15) is 9.18 Å². The number of nitrogens with two attached hydrogens (primary N) is 2. The molecule has 0 heterocycles. The molecule has 0 spiro atoms. The molecule has 1 rings (SSSR count). The van der Waals surface area contributed by atoms with Gasteiger partial charge < -0.3 is 15.8 Å². The first-order valence-electron chi connectivity index (χ1n) is 5.68. The van der Waals surface area contributed by atoms with Gasteiger partial charge >= 0.3 is 5.97 Å². The van der Waals surface area contributed by atoms with Crippen LogP contribution in [-0.4, -0.2) is 21.6 Å². The van der Waals surface area contributed by atoms with Gasteiger partial charge in [-0.15, -0.1) is 0 Å². The van der Waals surface area contributed by atoms with Gasteiger partial charge in [0, 0.05) is 17.3 Å². The molecule has 0 amide bonds. The summed E-state index contributed by atoms with van der Waals surface area (Å²) in [5.74, 6) is 4.06. The van der Waals surface area contributed by atoms with E-state index in [-0.39, 0.29) is 5.56 Å². The maximum atomic E-state index is 13.5. The van der Waals surface area contributed by atoms with Crippen LogP contribution >= 0.6 is 0 Å². The van der Waals surface area contributed by atoms with Crippen molar-refractivity contribution in [2.45, 2.75) is 26.3 Å². The van der Waals surface area contributed by atoms with Crippen LogP contribution in [0.2, 0.25) is 0 Å². The van der Waals surface area contributed by atoms with Crippen LogP contribution in [0.4, 0.5) is 4.39 Å². The predicted octanol–water partition coefficient (Wildman–Crippen LogP) is 1.76. The second kappa shape index (κ2) is 5.27. The third-order valence-corrected chi connectivity index (χ3v) is 2.58. The lowest BCUT2D eigenvalue weighted by atomic mass is 10.0. The summed E-state index contributed by atoms with van der Waals surface area (Å²) in [6.45, 7) is 5.57. The summed E-state index contributed by atoms with van der Waals surface area (Å²) in [4.78, 5) is 10.9. The summed E-state index contributed by atoms with van der Waals surface area (Å²) in [6.07, 6.45) is 1.23. The zero-order valence-corrected chi connectivity index (χ0v) is 11.1. The Bertz CT molecular complexity index is 521. The average Bonchev–Trinajstić information content (AvgIpc) is 2.27. The molecule has 5 N–H and O–H groups in total. The molecule has 0 unspecified atom stereocenters. The van der Waals surface area contributed by atoms with E-state index in [4.69, 9.17) is 16.7 Å². The number of halogens is 1. The third kappa shape index (κ3) is 3.45. The van der Waals surface area contributed by atoms with Gasteiger partial charge in [-0.3, -0.25) is 0 Å². The van der Waals surface area contributed by atoms with Crippen molar-refractivity contribution in [1.82, 2.24) is 5.01 Å². The number of benzene rings is 1. The number of carboxylic acid groups (broad SMARTS) is 1. The molecule has 0 aliphatic rings. The maximum Gasteiger partial charge on any atom is 0.335 e. The average molecular weight is 267 g/mol. The molecule has 0 aromatic heterocycles. The lowest BCUT2D eigenvalue weighted by molar-refractivity contribution is 0.0696. The molecule has 5 nitrogen and oxygen atoms in total. The molecule has 19 heavy (non-hydrogen) atoms. The van der Waals surface area contributed by atoms with Crippen molar-refractivity contribution in [3.63, 3.8) is 0 Å². The minimum atomic E-state index is -1.21. The lowest BCUT2D eigenvalue weighted by Gasteiger charge is -2.35. The summed E-state index contributed by atoms with van der Waals surface area (Å²) in [6, 6.07) is 3.46. The molecular weight excluding hydrogens is 249 g/mol. The Kier molecular flexibility index (Phi) is 4.16. The summed E-state index contributed by atoms with van der Waals surface area (Å²) in [5.41, 5.74) is 5.60. The fourth-order valence-electron chi connectivity index (χ4n) is 1.54. The second-order valence-corrected chi connectivity index (χ2v) is 5.13. The van der Waals surface area contributed by atoms with Crippen LogP contribution in [-0.2, 0) is 0 Å². The molecule has 0 atom stereocenters. The SMILES string of the molecule is CC(C)(C)N(N)/C(=C\N)c1cc(F)cc(C(=O)O)c1. The zero-order valence-electron chi connectivity index (χ0n) is 11.1. The van der Waals surface area contributed by atoms with E-state index in [2.05, 4.69) is 0 Å². The topological polar surface area (TPSA) is 92.6 Å². The van der Waals surface area contributed by atoms with Gasteiger partial charge in [0.15, 0.2) is 0 Å². The van der Waals surface area contributed by atoms with Crippen molar-refractivity contribution >= 4 is 11.7 Å². The van der Waals surface area contributed by atoms with Gasteiger partial charge in [-0.2, -0.15) is 0 Å². The summed E-state index contributed by atoms with van der Waals surface area (Å²) < 4.78 is 13.5. The molecule has 0 aliphatic heterocycles. The van der Waals surface area contributed by atoms with Crippen molar-refractivity contribution in [3.05, 3.63) is 41.3 Å². The van der Waals surface area contributed by atoms with Crippen LogP contribution in [0.3, 0.4) is 0 Å². The van der Waals surface area contributed by atoms with Crippen LogP contribution in [0.25, 0.3) is 5.70 Å². The van der Waals surface area contributed by atoms with Gasteiger partial charge in [0.05, 0.1) is 11.3 Å². The summed E-state index contributed by atoms with van der Waals surface area (Å²) in [5, 5.41) is 10.3. The summed E-state index contributed by atoms with van der Waals surface area (Å²) >= 11 is 0. The van der Waals surface area contributed by atoms with Crippen LogP contribution in [0.5, 0.6) is 0 Å². The van der Waals surface area contributed by atoms with E-state index in [0.29, 0.717) is 11.3 Å². The van der Waals surface area contributed by atoms with Crippen LogP contribution in [0.15, 0.2) is 24.4 Å². The Morgan fingerprint density at radius 1 is 1.32 bits per heavy atom. The molecule has 0 aliphatic carbocycles. The van der Waals surface area contributed by atoms with Gasteiger partial charge in [0.25, 0.3) is 0 Å². The van der Waals surface area contributed by atoms with Crippen LogP contribution in [0, 0.1) is 5.82 Å². The smallest absolute Gasteiger partial charge is 0.335 e. The Hall–Kier alpha value is -2.08. The molecule has 0 saturated carbocycles. The lowest BCUT2D eigenvalue weighted by Crippen LogP contribution is -2.45. The number of rotatable bonds is 3. The fraction of sp³-hybridized carbons (Fsp3) is 0.308. The van der Waals surface area contributed by atoms with Crippen molar-refractivity contribution in [1.29, 1.82) is 0 Å². The number of aromatic carboxylic acids is 1. The molecular formula is C13H18FN3O2. The number of carboxylic acids is 1. The largest absolute Gasteiger partial charge is 0.478 e. The van der Waals surface area contributed by atoms with Gasteiger partial charge in [-0.25, -0.2) is 15.0 Å². The predicted molar refractivity (Wildman–Crippen MR) is 71.3 cm³/mol. The van der Waals surface area contributed by atoms with E-state index in [0.717, 1.165) is 6.07 Å². The molecule has 0 saturated heterocycles. The third-order valence-electron chi connectivity index (χ3n) is 2.58. The molecule has 0 fully saturated rings. The standard InChI is InChI=1S/C13H18FN3O2/c1-13(2,3)17(16)11(7-15)8-4-9(12(18)19)6-10(14)5-8/h4-7H,15-16H2,1-3H3,(H,18,19)/b11-7-. The monoisotopic (exact) mass is 267 g/mol. The number of hydrogen-bond acceptors (Lipinski definition) is 4. The molecule has 1 aromatic rings. The fourth-order valence-corrected chi connectivity index (χ4v) is 1.54. The van der Waals surface area contributed by atoms with E-state index in [1.807, 2.05) is 20.8 Å². The molecule has 1 aromatic carbocycles. The number of hydrazine groups is 1. The van der Waals surface area contributed by atoms with Gasteiger partial charge in [-0.05, 0) is 39.0 Å². The zero-order chi connectivity index (χ0) is 14.8. The number of nitrogens with zero attached hydrogens (tertiary/aromatic N) is 1.